The maximum atomic E-state index is 12.0. The van der Waals surface area contributed by atoms with Crippen molar-refractivity contribution in [2.24, 2.45) is 4.99 Å². The van der Waals surface area contributed by atoms with Crippen LogP contribution in [-0.4, -0.2) is 63.5 Å². The van der Waals surface area contributed by atoms with Crippen molar-refractivity contribution in [2.75, 3.05) is 40.8 Å². The normalized spacial score (nSPS) is 11.0. The Labute approximate surface area is 156 Å². The number of aliphatic imine (C=N–C) groups is 1. The molecule has 0 unspecified atom stereocenters. The highest BCUT2D eigenvalue weighted by Gasteiger charge is 2.08. The van der Waals surface area contributed by atoms with E-state index >= 15 is 0 Å². The molecule has 0 aliphatic rings. The maximum absolute atomic E-state index is 12.0. The summed E-state index contributed by atoms with van der Waals surface area (Å²) in [7, 11) is 5.19. The van der Waals surface area contributed by atoms with Crippen LogP contribution in [0.15, 0.2) is 29.3 Å². The molecule has 1 aromatic carbocycles. The minimum atomic E-state index is -0.00126. The number of rotatable bonds is 9. The standard InChI is InChI=1S/C19H31N5O2/c1-5-11-21-17(25)10-13-23-19(20-2)22-12-9-15-7-6-8-16(14-15)18(26)24(3)4/h6-8,14H,5,9-13H2,1-4H3,(H,21,25)(H2,20,22,23). The van der Waals surface area contributed by atoms with Crippen molar-refractivity contribution in [3.63, 3.8) is 0 Å². The zero-order chi connectivity index (χ0) is 19.4. The van der Waals surface area contributed by atoms with Gasteiger partial charge in [-0.3, -0.25) is 14.6 Å². The van der Waals surface area contributed by atoms with Crippen molar-refractivity contribution in [2.45, 2.75) is 26.2 Å². The van der Waals surface area contributed by atoms with Crippen LogP contribution in [0.3, 0.4) is 0 Å². The van der Waals surface area contributed by atoms with Gasteiger partial charge in [-0.15, -0.1) is 0 Å². The van der Waals surface area contributed by atoms with Crippen molar-refractivity contribution >= 4 is 17.8 Å². The van der Waals surface area contributed by atoms with E-state index < -0.39 is 0 Å². The Morgan fingerprint density at radius 2 is 1.81 bits per heavy atom. The van der Waals surface area contributed by atoms with Crippen molar-refractivity contribution < 1.29 is 9.59 Å². The van der Waals surface area contributed by atoms with Gasteiger partial charge in [0.05, 0.1) is 0 Å². The van der Waals surface area contributed by atoms with Crippen LogP contribution >= 0.6 is 0 Å². The van der Waals surface area contributed by atoms with E-state index in [0.29, 0.717) is 37.6 Å². The van der Waals surface area contributed by atoms with E-state index in [1.165, 1.54) is 0 Å². The largest absolute Gasteiger partial charge is 0.356 e. The lowest BCUT2D eigenvalue weighted by Crippen LogP contribution is -2.40. The molecule has 7 nitrogen and oxygen atoms in total. The van der Waals surface area contributed by atoms with Crippen LogP contribution in [0, 0.1) is 0 Å². The van der Waals surface area contributed by atoms with E-state index in [-0.39, 0.29) is 11.8 Å². The monoisotopic (exact) mass is 361 g/mol. The molecule has 0 atom stereocenters. The highest BCUT2D eigenvalue weighted by molar-refractivity contribution is 5.94. The van der Waals surface area contributed by atoms with Crippen LogP contribution in [0.5, 0.6) is 0 Å². The molecule has 7 heteroatoms. The molecular formula is C19H31N5O2. The Hall–Kier alpha value is -2.57. The van der Waals surface area contributed by atoms with Gasteiger partial charge >= 0.3 is 0 Å². The highest BCUT2D eigenvalue weighted by atomic mass is 16.2. The van der Waals surface area contributed by atoms with E-state index in [2.05, 4.69) is 20.9 Å². The summed E-state index contributed by atoms with van der Waals surface area (Å²) in [5.41, 5.74) is 1.77. The topological polar surface area (TPSA) is 85.8 Å². The average molecular weight is 361 g/mol. The molecule has 1 aromatic rings. The summed E-state index contributed by atoms with van der Waals surface area (Å²) in [5, 5.41) is 9.18. The van der Waals surface area contributed by atoms with Gasteiger partial charge in [-0.2, -0.15) is 0 Å². The molecule has 1 rings (SSSR count). The fourth-order valence-corrected chi connectivity index (χ4v) is 2.31. The second-order valence-corrected chi connectivity index (χ2v) is 6.18. The Kier molecular flexibility index (Phi) is 9.82. The first-order valence-corrected chi connectivity index (χ1v) is 8.99. The molecule has 0 spiro atoms. The summed E-state index contributed by atoms with van der Waals surface area (Å²) in [6.45, 7) is 3.95. The first-order chi connectivity index (χ1) is 12.5. The molecule has 0 aliphatic heterocycles. The molecule has 2 amide bonds. The first-order valence-electron chi connectivity index (χ1n) is 8.99. The molecule has 0 saturated heterocycles. The minimum Gasteiger partial charge on any atom is -0.356 e. The minimum absolute atomic E-state index is 0.00126. The van der Waals surface area contributed by atoms with Gasteiger partial charge in [-0.1, -0.05) is 19.1 Å². The van der Waals surface area contributed by atoms with Gasteiger partial charge in [0.1, 0.15) is 0 Å². The number of nitrogens with zero attached hydrogens (tertiary/aromatic N) is 2. The average Bonchev–Trinajstić information content (AvgIpc) is 2.64. The summed E-state index contributed by atoms with van der Waals surface area (Å²) in [4.78, 5) is 29.3. The third-order valence-corrected chi connectivity index (χ3v) is 3.73. The number of benzene rings is 1. The Balaban J connectivity index is 2.38. The van der Waals surface area contributed by atoms with Gasteiger partial charge in [-0.25, -0.2) is 0 Å². The molecule has 0 radical (unpaired) electrons. The van der Waals surface area contributed by atoms with Crippen LogP contribution in [0.25, 0.3) is 0 Å². The number of amides is 2. The van der Waals surface area contributed by atoms with Crippen LogP contribution in [0.2, 0.25) is 0 Å². The fourth-order valence-electron chi connectivity index (χ4n) is 2.31. The lowest BCUT2D eigenvalue weighted by atomic mass is 10.1. The first kappa shape index (κ1) is 21.5. The molecule has 0 bridgehead atoms. The third kappa shape index (κ3) is 8.00. The fraction of sp³-hybridized carbons (Fsp3) is 0.526. The van der Waals surface area contributed by atoms with Gasteiger partial charge in [0.2, 0.25) is 5.91 Å². The smallest absolute Gasteiger partial charge is 0.253 e. The maximum Gasteiger partial charge on any atom is 0.253 e. The van der Waals surface area contributed by atoms with Gasteiger partial charge in [0.25, 0.3) is 5.91 Å². The molecule has 0 heterocycles. The lowest BCUT2D eigenvalue weighted by Gasteiger charge is -2.13. The van der Waals surface area contributed by atoms with Gasteiger partial charge in [0, 0.05) is 52.8 Å². The van der Waals surface area contributed by atoms with E-state index in [0.717, 1.165) is 18.4 Å². The Morgan fingerprint density at radius 1 is 1.08 bits per heavy atom. The molecular weight excluding hydrogens is 330 g/mol. The Morgan fingerprint density at radius 3 is 2.46 bits per heavy atom. The van der Waals surface area contributed by atoms with Gasteiger partial charge < -0.3 is 20.9 Å². The zero-order valence-electron chi connectivity index (χ0n) is 16.3. The van der Waals surface area contributed by atoms with Gasteiger partial charge in [0.15, 0.2) is 5.96 Å². The molecule has 144 valence electrons. The van der Waals surface area contributed by atoms with Crippen LogP contribution < -0.4 is 16.0 Å². The number of guanidine groups is 1. The molecule has 0 fully saturated rings. The third-order valence-electron chi connectivity index (χ3n) is 3.73. The van der Waals surface area contributed by atoms with E-state index in [9.17, 15) is 9.59 Å². The van der Waals surface area contributed by atoms with Crippen LogP contribution in [0.1, 0.15) is 35.7 Å². The number of nitrogens with one attached hydrogen (secondary N) is 3. The summed E-state index contributed by atoms with van der Waals surface area (Å²) in [6, 6.07) is 7.64. The highest BCUT2D eigenvalue weighted by Crippen LogP contribution is 2.07. The summed E-state index contributed by atoms with van der Waals surface area (Å²) in [6.07, 6.45) is 2.12. The lowest BCUT2D eigenvalue weighted by molar-refractivity contribution is -0.120. The van der Waals surface area contributed by atoms with E-state index in [1.54, 1.807) is 26.0 Å². The van der Waals surface area contributed by atoms with E-state index in [1.807, 2.05) is 31.2 Å². The summed E-state index contributed by atoms with van der Waals surface area (Å²) >= 11 is 0. The number of hydrogen-bond donors (Lipinski definition) is 3. The van der Waals surface area contributed by atoms with Crippen LogP contribution in [0.4, 0.5) is 0 Å². The van der Waals surface area contributed by atoms with Crippen molar-refractivity contribution in [1.82, 2.24) is 20.9 Å². The SMILES string of the molecule is CCCNC(=O)CCNC(=NC)NCCc1cccc(C(=O)N(C)C)c1. The summed E-state index contributed by atoms with van der Waals surface area (Å²) < 4.78 is 0. The van der Waals surface area contributed by atoms with E-state index in [4.69, 9.17) is 0 Å². The molecule has 0 aliphatic carbocycles. The molecule has 3 N–H and O–H groups in total. The second kappa shape index (κ2) is 11.9. The predicted molar refractivity (Wildman–Crippen MR) is 105 cm³/mol. The number of carbonyl (C=O) groups is 2. The van der Waals surface area contributed by atoms with Crippen molar-refractivity contribution in [3.8, 4) is 0 Å². The van der Waals surface area contributed by atoms with Gasteiger partial charge in [-0.05, 0) is 30.5 Å². The molecule has 26 heavy (non-hydrogen) atoms. The van der Waals surface area contributed by atoms with Crippen LogP contribution in [-0.2, 0) is 11.2 Å². The quantitative estimate of drug-likeness (QED) is 0.453. The molecule has 0 saturated carbocycles. The number of carbonyl (C=O) groups excluding carboxylic acids is 2. The predicted octanol–water partition coefficient (Wildman–Crippen LogP) is 1.01. The number of hydrogen-bond acceptors (Lipinski definition) is 3. The summed E-state index contributed by atoms with van der Waals surface area (Å²) in [5.74, 6) is 0.699. The second-order valence-electron chi connectivity index (χ2n) is 6.18. The molecule has 0 aromatic heterocycles. The zero-order valence-corrected chi connectivity index (χ0v) is 16.3. The van der Waals surface area contributed by atoms with Crippen molar-refractivity contribution in [1.29, 1.82) is 0 Å². The Bertz CT molecular complexity index is 614. The van der Waals surface area contributed by atoms with Crippen molar-refractivity contribution in [3.05, 3.63) is 35.4 Å².